The summed E-state index contributed by atoms with van der Waals surface area (Å²) in [7, 11) is 1.64. The first-order valence-electron chi connectivity index (χ1n) is 6.57. The summed E-state index contributed by atoms with van der Waals surface area (Å²) in [4.78, 5) is 16.5. The zero-order valence-electron chi connectivity index (χ0n) is 11.7. The first-order chi connectivity index (χ1) is 9.61. The summed E-state index contributed by atoms with van der Waals surface area (Å²) in [5.41, 5.74) is 7.59. The topological polar surface area (TPSA) is 77.2 Å². The quantitative estimate of drug-likeness (QED) is 0.873. The van der Waals surface area contributed by atoms with E-state index in [0.29, 0.717) is 18.0 Å². The molecular formula is C15H19N3O2. The number of ether oxygens (including phenoxy) is 1. The number of fused-ring (bicyclic) bond motifs is 1. The van der Waals surface area contributed by atoms with Crippen molar-refractivity contribution in [1.82, 2.24) is 10.3 Å². The Bertz CT molecular complexity index is 613. The van der Waals surface area contributed by atoms with Crippen molar-refractivity contribution >= 4 is 22.5 Å². The Balaban J connectivity index is 2.18. The third kappa shape index (κ3) is 3.24. The fraction of sp³-hybridized carbons (Fsp3) is 0.333. The number of nitrogens with one attached hydrogen (secondary N) is 1. The van der Waals surface area contributed by atoms with E-state index in [9.17, 15) is 4.79 Å². The van der Waals surface area contributed by atoms with Gasteiger partial charge in [-0.25, -0.2) is 4.98 Å². The molecule has 2 aromatic rings. The predicted octanol–water partition coefficient (Wildman–Crippen LogP) is 1.97. The summed E-state index contributed by atoms with van der Waals surface area (Å²) in [6, 6.07) is 9.14. The Hall–Kier alpha value is -2.14. The van der Waals surface area contributed by atoms with Gasteiger partial charge in [-0.1, -0.05) is 18.2 Å². The lowest BCUT2D eigenvalue weighted by atomic mass is 10.1. The molecule has 0 bridgehead atoms. The molecule has 0 spiro atoms. The summed E-state index contributed by atoms with van der Waals surface area (Å²) in [6.45, 7) is 2.54. The van der Waals surface area contributed by atoms with Crippen LogP contribution in [0.2, 0.25) is 0 Å². The summed E-state index contributed by atoms with van der Waals surface area (Å²) in [5, 5.41) is 3.74. The molecule has 1 heterocycles. The molecular weight excluding hydrogens is 254 g/mol. The summed E-state index contributed by atoms with van der Waals surface area (Å²) in [5.74, 6) is -0.217. The molecule has 1 unspecified atom stereocenters. The Morgan fingerprint density at radius 2 is 2.20 bits per heavy atom. The molecule has 1 aromatic heterocycles. The number of hydrogen-bond acceptors (Lipinski definition) is 4. The Morgan fingerprint density at radius 3 is 2.95 bits per heavy atom. The van der Waals surface area contributed by atoms with Crippen LogP contribution in [0.15, 0.2) is 30.3 Å². The number of carbonyl (C=O) groups is 1. The minimum Gasteiger partial charge on any atom is -0.398 e. The van der Waals surface area contributed by atoms with Crippen molar-refractivity contribution in [2.75, 3.05) is 19.5 Å². The number of nitrogen functional groups attached to an aromatic ring is 1. The van der Waals surface area contributed by atoms with Crippen molar-refractivity contribution in [1.29, 1.82) is 0 Å². The van der Waals surface area contributed by atoms with E-state index in [1.54, 1.807) is 13.2 Å². The van der Waals surface area contributed by atoms with E-state index in [-0.39, 0.29) is 11.9 Å². The van der Waals surface area contributed by atoms with Gasteiger partial charge in [0.1, 0.15) is 5.69 Å². The number of rotatable bonds is 5. The maximum atomic E-state index is 12.1. The number of aromatic nitrogens is 1. The van der Waals surface area contributed by atoms with Crippen molar-refractivity contribution in [2.45, 2.75) is 19.4 Å². The van der Waals surface area contributed by atoms with Crippen LogP contribution in [-0.4, -0.2) is 30.6 Å². The lowest BCUT2D eigenvalue weighted by molar-refractivity contribution is 0.0925. The largest absolute Gasteiger partial charge is 0.398 e. The number of carbonyl (C=O) groups excluding carboxylic acids is 1. The van der Waals surface area contributed by atoms with Gasteiger partial charge >= 0.3 is 0 Å². The third-order valence-electron chi connectivity index (χ3n) is 3.11. The van der Waals surface area contributed by atoms with Crippen LogP contribution in [0.4, 0.5) is 5.69 Å². The highest BCUT2D eigenvalue weighted by Gasteiger charge is 2.13. The molecule has 0 saturated carbocycles. The number of methoxy groups -OCH3 is 1. The second-order valence-electron chi connectivity index (χ2n) is 4.77. The average molecular weight is 273 g/mol. The fourth-order valence-corrected chi connectivity index (χ4v) is 1.98. The van der Waals surface area contributed by atoms with E-state index in [2.05, 4.69) is 10.3 Å². The third-order valence-corrected chi connectivity index (χ3v) is 3.11. The highest BCUT2D eigenvalue weighted by atomic mass is 16.5. The Morgan fingerprint density at radius 1 is 1.45 bits per heavy atom. The van der Waals surface area contributed by atoms with Gasteiger partial charge in [-0.05, 0) is 25.5 Å². The van der Waals surface area contributed by atoms with Crippen LogP contribution in [0, 0.1) is 0 Å². The van der Waals surface area contributed by atoms with Crippen LogP contribution < -0.4 is 11.1 Å². The van der Waals surface area contributed by atoms with Crippen molar-refractivity contribution < 1.29 is 9.53 Å². The molecule has 0 saturated heterocycles. The van der Waals surface area contributed by atoms with Gasteiger partial charge in [-0.2, -0.15) is 0 Å². The molecule has 1 amide bonds. The number of amides is 1. The molecule has 5 nitrogen and oxygen atoms in total. The number of nitrogens with zero attached hydrogens (tertiary/aromatic N) is 1. The van der Waals surface area contributed by atoms with Gasteiger partial charge in [-0.15, -0.1) is 0 Å². The first kappa shape index (κ1) is 14.3. The second-order valence-corrected chi connectivity index (χ2v) is 4.77. The van der Waals surface area contributed by atoms with Gasteiger partial charge in [0.2, 0.25) is 0 Å². The summed E-state index contributed by atoms with van der Waals surface area (Å²) in [6.07, 6.45) is 0.755. The van der Waals surface area contributed by atoms with Gasteiger partial charge in [0.05, 0.1) is 5.52 Å². The molecule has 1 aromatic carbocycles. The highest BCUT2D eigenvalue weighted by molar-refractivity contribution is 5.99. The molecule has 20 heavy (non-hydrogen) atoms. The molecule has 0 fully saturated rings. The first-order valence-corrected chi connectivity index (χ1v) is 6.57. The van der Waals surface area contributed by atoms with Gasteiger partial charge in [-0.3, -0.25) is 4.79 Å². The van der Waals surface area contributed by atoms with E-state index in [1.165, 1.54) is 0 Å². The number of benzene rings is 1. The average Bonchev–Trinajstić information content (AvgIpc) is 2.45. The van der Waals surface area contributed by atoms with Crippen LogP contribution in [0.5, 0.6) is 0 Å². The number of nitrogens with two attached hydrogens (primary N) is 1. The minimum atomic E-state index is -0.217. The van der Waals surface area contributed by atoms with Crippen LogP contribution in [-0.2, 0) is 4.74 Å². The van der Waals surface area contributed by atoms with Crippen LogP contribution in [0.1, 0.15) is 23.8 Å². The standard InChI is InChI=1S/C15H19N3O2/c1-10(7-8-20-2)17-15(19)14-9-12(16)11-5-3-4-6-13(11)18-14/h3-6,9-10H,7-8H2,1-2H3,(H2,16,18)(H,17,19). The Labute approximate surface area is 118 Å². The lowest BCUT2D eigenvalue weighted by Gasteiger charge is -2.13. The zero-order valence-corrected chi connectivity index (χ0v) is 11.7. The van der Waals surface area contributed by atoms with Crippen molar-refractivity contribution in [3.05, 3.63) is 36.0 Å². The lowest BCUT2D eigenvalue weighted by Crippen LogP contribution is -2.33. The van der Waals surface area contributed by atoms with Gasteiger partial charge in [0.15, 0.2) is 0 Å². The maximum absolute atomic E-state index is 12.1. The van der Waals surface area contributed by atoms with Crippen LogP contribution >= 0.6 is 0 Å². The van der Waals surface area contributed by atoms with Crippen molar-refractivity contribution in [2.24, 2.45) is 0 Å². The Kier molecular flexibility index (Phi) is 4.53. The highest BCUT2D eigenvalue weighted by Crippen LogP contribution is 2.20. The van der Waals surface area contributed by atoms with E-state index < -0.39 is 0 Å². The normalized spacial score (nSPS) is 12.3. The van der Waals surface area contributed by atoms with E-state index in [4.69, 9.17) is 10.5 Å². The second kappa shape index (κ2) is 6.34. The molecule has 0 radical (unpaired) electrons. The minimum absolute atomic E-state index is 0.0249. The molecule has 0 aliphatic rings. The SMILES string of the molecule is COCCC(C)NC(=O)c1cc(N)c2ccccc2n1. The smallest absolute Gasteiger partial charge is 0.270 e. The summed E-state index contributed by atoms with van der Waals surface area (Å²) < 4.78 is 4.99. The molecule has 0 aliphatic heterocycles. The monoisotopic (exact) mass is 273 g/mol. The number of pyridine rings is 1. The van der Waals surface area contributed by atoms with Crippen molar-refractivity contribution in [3.8, 4) is 0 Å². The molecule has 106 valence electrons. The van der Waals surface area contributed by atoms with Crippen LogP contribution in [0.3, 0.4) is 0 Å². The molecule has 5 heteroatoms. The summed E-state index contributed by atoms with van der Waals surface area (Å²) >= 11 is 0. The molecule has 2 rings (SSSR count). The molecule has 1 atom stereocenters. The van der Waals surface area contributed by atoms with E-state index in [1.807, 2.05) is 31.2 Å². The molecule has 3 N–H and O–H groups in total. The molecule has 0 aliphatic carbocycles. The maximum Gasteiger partial charge on any atom is 0.270 e. The van der Waals surface area contributed by atoms with Gasteiger partial charge in [0.25, 0.3) is 5.91 Å². The van der Waals surface area contributed by atoms with E-state index >= 15 is 0 Å². The van der Waals surface area contributed by atoms with Crippen molar-refractivity contribution in [3.63, 3.8) is 0 Å². The van der Waals surface area contributed by atoms with E-state index in [0.717, 1.165) is 17.3 Å². The number of hydrogen-bond donors (Lipinski definition) is 2. The van der Waals surface area contributed by atoms with Crippen LogP contribution in [0.25, 0.3) is 10.9 Å². The van der Waals surface area contributed by atoms with Gasteiger partial charge in [0, 0.05) is 30.8 Å². The number of para-hydroxylation sites is 1. The van der Waals surface area contributed by atoms with Gasteiger partial charge < -0.3 is 15.8 Å². The number of anilines is 1. The predicted molar refractivity (Wildman–Crippen MR) is 79.6 cm³/mol. The zero-order chi connectivity index (χ0) is 14.5. The fourth-order valence-electron chi connectivity index (χ4n) is 1.98.